The zero-order valence-electron chi connectivity index (χ0n) is 16.7. The molecule has 2 aromatic carbocycles. The number of nitro benzene ring substituents is 1. The molecule has 0 N–H and O–H groups in total. The van der Waals surface area contributed by atoms with Gasteiger partial charge in [0.1, 0.15) is 0 Å². The van der Waals surface area contributed by atoms with Crippen molar-refractivity contribution in [3.8, 4) is 0 Å². The quantitative estimate of drug-likeness (QED) is 0.351. The van der Waals surface area contributed by atoms with Crippen LogP contribution in [0.4, 0.5) is 10.8 Å². The Labute approximate surface area is 178 Å². The summed E-state index contributed by atoms with van der Waals surface area (Å²) < 4.78 is 1.20. The van der Waals surface area contributed by atoms with Crippen molar-refractivity contribution in [2.75, 3.05) is 31.1 Å². The van der Waals surface area contributed by atoms with E-state index in [9.17, 15) is 14.9 Å². The lowest BCUT2D eigenvalue weighted by Gasteiger charge is -2.34. The second-order valence-corrected chi connectivity index (χ2v) is 8.16. The number of amides is 1. The van der Waals surface area contributed by atoms with Gasteiger partial charge < -0.3 is 9.80 Å². The van der Waals surface area contributed by atoms with Crippen molar-refractivity contribution in [3.05, 3.63) is 69.8 Å². The molecule has 0 bridgehead atoms. The highest BCUT2D eigenvalue weighted by Crippen LogP contribution is 2.30. The second kappa shape index (κ2) is 8.62. The van der Waals surface area contributed by atoms with Gasteiger partial charge in [0.25, 0.3) is 5.69 Å². The molecule has 1 aromatic heterocycles. The SMILES string of the molecule is CCc1ccc2nc(N3CCN(C(=O)/C=C/c4ccc([N+](=O)[O-])cc4)CC3)sc2c1. The number of piperazine rings is 1. The highest BCUT2D eigenvalue weighted by molar-refractivity contribution is 7.22. The van der Waals surface area contributed by atoms with Gasteiger partial charge in [-0.15, -0.1) is 0 Å². The number of fused-ring (bicyclic) bond motifs is 1. The number of nitrogens with zero attached hydrogens (tertiary/aromatic N) is 4. The maximum Gasteiger partial charge on any atom is 0.269 e. The highest BCUT2D eigenvalue weighted by atomic mass is 32.1. The fourth-order valence-electron chi connectivity index (χ4n) is 3.41. The molecule has 8 heteroatoms. The molecule has 30 heavy (non-hydrogen) atoms. The van der Waals surface area contributed by atoms with E-state index in [1.807, 2.05) is 4.90 Å². The van der Waals surface area contributed by atoms with Gasteiger partial charge in [-0.2, -0.15) is 0 Å². The third-order valence-corrected chi connectivity index (χ3v) is 6.31. The smallest absolute Gasteiger partial charge is 0.269 e. The van der Waals surface area contributed by atoms with Gasteiger partial charge in [0.2, 0.25) is 5.91 Å². The molecule has 7 nitrogen and oxygen atoms in total. The van der Waals surface area contributed by atoms with E-state index in [2.05, 4.69) is 30.0 Å². The first-order valence-corrected chi connectivity index (χ1v) is 10.7. The monoisotopic (exact) mass is 422 g/mol. The highest BCUT2D eigenvalue weighted by Gasteiger charge is 2.22. The number of hydrogen-bond donors (Lipinski definition) is 0. The molecule has 0 saturated carbocycles. The molecule has 0 unspecified atom stereocenters. The molecule has 0 spiro atoms. The van der Waals surface area contributed by atoms with Crippen LogP contribution in [0.25, 0.3) is 16.3 Å². The molecule has 0 atom stereocenters. The van der Waals surface area contributed by atoms with E-state index in [1.54, 1.807) is 29.5 Å². The van der Waals surface area contributed by atoms with Crippen LogP contribution in [-0.2, 0) is 11.2 Å². The van der Waals surface area contributed by atoms with Crippen LogP contribution < -0.4 is 4.90 Å². The Morgan fingerprint density at radius 1 is 1.17 bits per heavy atom. The van der Waals surface area contributed by atoms with Crippen LogP contribution in [0.1, 0.15) is 18.1 Å². The number of hydrogen-bond acceptors (Lipinski definition) is 6. The van der Waals surface area contributed by atoms with Gasteiger partial charge >= 0.3 is 0 Å². The summed E-state index contributed by atoms with van der Waals surface area (Å²) in [4.78, 5) is 31.6. The fraction of sp³-hybridized carbons (Fsp3) is 0.273. The van der Waals surface area contributed by atoms with E-state index < -0.39 is 4.92 Å². The number of carbonyl (C=O) groups is 1. The predicted molar refractivity (Wildman–Crippen MR) is 120 cm³/mol. The van der Waals surface area contributed by atoms with Crippen molar-refractivity contribution in [1.29, 1.82) is 0 Å². The van der Waals surface area contributed by atoms with Crippen LogP contribution in [0.3, 0.4) is 0 Å². The van der Waals surface area contributed by atoms with E-state index in [1.165, 1.54) is 28.5 Å². The van der Waals surface area contributed by atoms with Crippen molar-refractivity contribution in [1.82, 2.24) is 9.88 Å². The van der Waals surface area contributed by atoms with Crippen LogP contribution in [0.2, 0.25) is 0 Å². The lowest BCUT2D eigenvalue weighted by atomic mass is 10.2. The molecule has 2 heterocycles. The lowest BCUT2D eigenvalue weighted by Crippen LogP contribution is -2.48. The molecule has 3 aromatic rings. The molecule has 1 aliphatic heterocycles. The maximum atomic E-state index is 12.5. The van der Waals surface area contributed by atoms with E-state index >= 15 is 0 Å². The number of anilines is 1. The summed E-state index contributed by atoms with van der Waals surface area (Å²) in [5.74, 6) is -0.0510. The predicted octanol–water partition coefficient (Wildman–Crippen LogP) is 4.13. The number of aryl methyl sites for hydroxylation is 1. The third-order valence-electron chi connectivity index (χ3n) is 5.23. The Morgan fingerprint density at radius 3 is 2.57 bits per heavy atom. The maximum absolute atomic E-state index is 12.5. The topological polar surface area (TPSA) is 79.6 Å². The average Bonchev–Trinajstić information content (AvgIpc) is 3.21. The van der Waals surface area contributed by atoms with Crippen molar-refractivity contribution < 1.29 is 9.72 Å². The van der Waals surface area contributed by atoms with Gasteiger partial charge in [0.15, 0.2) is 5.13 Å². The van der Waals surface area contributed by atoms with E-state index in [4.69, 9.17) is 4.98 Å². The van der Waals surface area contributed by atoms with Crippen LogP contribution in [0.15, 0.2) is 48.5 Å². The van der Waals surface area contributed by atoms with Gasteiger partial charge in [0, 0.05) is 44.4 Å². The van der Waals surface area contributed by atoms with Crippen molar-refractivity contribution in [2.45, 2.75) is 13.3 Å². The Balaban J connectivity index is 1.35. The van der Waals surface area contributed by atoms with Crippen molar-refractivity contribution in [3.63, 3.8) is 0 Å². The molecule has 1 aliphatic rings. The van der Waals surface area contributed by atoms with Crippen LogP contribution >= 0.6 is 11.3 Å². The Morgan fingerprint density at radius 2 is 1.90 bits per heavy atom. The molecule has 0 radical (unpaired) electrons. The summed E-state index contributed by atoms with van der Waals surface area (Å²) in [6.45, 7) is 4.92. The number of carbonyl (C=O) groups excluding carboxylic acids is 1. The minimum atomic E-state index is -0.438. The van der Waals surface area contributed by atoms with Gasteiger partial charge in [0.05, 0.1) is 15.1 Å². The average molecular weight is 423 g/mol. The van der Waals surface area contributed by atoms with Gasteiger partial charge in [-0.25, -0.2) is 4.98 Å². The van der Waals surface area contributed by atoms with Crippen LogP contribution in [-0.4, -0.2) is 46.9 Å². The molecule has 0 aliphatic carbocycles. The Kier molecular flexibility index (Phi) is 5.76. The first-order valence-electron chi connectivity index (χ1n) is 9.89. The van der Waals surface area contributed by atoms with Crippen LogP contribution in [0, 0.1) is 10.1 Å². The molecule has 1 saturated heterocycles. The van der Waals surface area contributed by atoms with E-state index in [0.29, 0.717) is 13.1 Å². The van der Waals surface area contributed by atoms with E-state index in [-0.39, 0.29) is 11.6 Å². The number of non-ortho nitro benzene ring substituents is 1. The standard InChI is InChI=1S/C22H22N4O3S/c1-2-16-5-9-19-20(15-16)30-22(23-19)25-13-11-24(12-14-25)21(27)10-6-17-3-7-18(8-4-17)26(28)29/h3-10,15H,2,11-14H2,1H3/b10-6+. The normalized spacial score (nSPS) is 14.6. The van der Waals surface area contributed by atoms with Crippen molar-refractivity contribution >= 4 is 44.4 Å². The molecule has 154 valence electrons. The number of aromatic nitrogens is 1. The number of thiazole rings is 1. The first-order chi connectivity index (χ1) is 14.5. The van der Waals surface area contributed by atoms with Crippen molar-refractivity contribution in [2.24, 2.45) is 0 Å². The first kappa shape index (κ1) is 20.0. The molecular weight excluding hydrogens is 400 g/mol. The second-order valence-electron chi connectivity index (χ2n) is 7.15. The molecule has 1 fully saturated rings. The van der Waals surface area contributed by atoms with Gasteiger partial charge in [-0.1, -0.05) is 24.3 Å². The van der Waals surface area contributed by atoms with Gasteiger partial charge in [-0.05, 0) is 47.9 Å². The number of nitro groups is 1. The summed E-state index contributed by atoms with van der Waals surface area (Å²) in [6.07, 6.45) is 4.23. The third kappa shape index (κ3) is 4.33. The lowest BCUT2D eigenvalue weighted by molar-refractivity contribution is -0.384. The molecule has 4 rings (SSSR count). The molecule has 1 amide bonds. The fourth-order valence-corrected chi connectivity index (χ4v) is 4.49. The Hall–Kier alpha value is -3.26. The summed E-state index contributed by atoms with van der Waals surface area (Å²) in [5.41, 5.74) is 3.13. The largest absolute Gasteiger partial charge is 0.345 e. The molecular formula is C22H22N4O3S. The van der Waals surface area contributed by atoms with E-state index in [0.717, 1.165) is 35.7 Å². The minimum absolute atomic E-state index is 0.0374. The number of rotatable bonds is 5. The zero-order valence-corrected chi connectivity index (χ0v) is 17.5. The van der Waals surface area contributed by atoms with Crippen LogP contribution in [0.5, 0.6) is 0 Å². The summed E-state index contributed by atoms with van der Waals surface area (Å²) in [7, 11) is 0. The summed E-state index contributed by atoms with van der Waals surface area (Å²) in [5, 5.41) is 11.7. The summed E-state index contributed by atoms with van der Waals surface area (Å²) >= 11 is 1.70. The minimum Gasteiger partial charge on any atom is -0.345 e. The summed E-state index contributed by atoms with van der Waals surface area (Å²) in [6, 6.07) is 12.6. The number of benzene rings is 2. The Bertz CT molecular complexity index is 1100. The zero-order chi connectivity index (χ0) is 21.1. The van der Waals surface area contributed by atoms with Gasteiger partial charge in [-0.3, -0.25) is 14.9 Å².